The van der Waals surface area contributed by atoms with Gasteiger partial charge in [0.1, 0.15) is 5.75 Å². The number of nitrogens with one attached hydrogen (secondary N) is 1. The van der Waals surface area contributed by atoms with Crippen LogP contribution < -0.4 is 9.46 Å². The van der Waals surface area contributed by atoms with Gasteiger partial charge < -0.3 is 4.74 Å². The second kappa shape index (κ2) is 6.44. The molecule has 0 fully saturated rings. The number of hydrogen-bond donors (Lipinski definition) is 1. The van der Waals surface area contributed by atoms with E-state index in [4.69, 9.17) is 16.3 Å². The number of aromatic nitrogens is 2. The molecule has 11 heteroatoms. The second-order valence-electron chi connectivity index (χ2n) is 4.77. The topological polar surface area (TPSA) is 81.2 Å². The first kappa shape index (κ1) is 18.3. The molecule has 1 aromatic carbocycles. The van der Waals surface area contributed by atoms with Crippen molar-refractivity contribution in [3.63, 3.8) is 0 Å². The number of hydrogen-bond acceptors (Lipinski definition) is 5. The summed E-state index contributed by atoms with van der Waals surface area (Å²) < 4.78 is 66.7. The maximum Gasteiger partial charge on any atom is 0.516 e. The Hall–Kier alpha value is -2.07. The first-order valence-electron chi connectivity index (χ1n) is 6.35. The van der Waals surface area contributed by atoms with Gasteiger partial charge in [0.05, 0.1) is 18.1 Å². The highest BCUT2D eigenvalue weighted by Crippen LogP contribution is 2.32. The molecule has 0 aliphatic rings. The number of benzene rings is 1. The highest BCUT2D eigenvalue weighted by Gasteiger charge is 2.46. The standard InChI is InChI=1S/C13H11ClF3N3O3S/c1-7-4-10(23-12-6-18-5-11(14)19-12)8(2)3-9(7)20-24(21,22)13(15,16)17/h3-6,20H,1-2H3. The molecule has 130 valence electrons. The van der Waals surface area contributed by atoms with Crippen molar-refractivity contribution >= 4 is 27.3 Å². The van der Waals surface area contributed by atoms with E-state index in [1.807, 2.05) is 0 Å². The maximum absolute atomic E-state index is 12.5. The van der Waals surface area contributed by atoms with Crippen molar-refractivity contribution < 1.29 is 26.3 Å². The number of alkyl halides is 3. The molecule has 6 nitrogen and oxygen atoms in total. The lowest BCUT2D eigenvalue weighted by atomic mass is 10.1. The van der Waals surface area contributed by atoms with Crippen molar-refractivity contribution in [2.75, 3.05) is 4.72 Å². The number of aryl methyl sites for hydroxylation is 2. The van der Waals surface area contributed by atoms with E-state index in [0.717, 1.165) is 0 Å². The Morgan fingerprint density at radius 3 is 2.42 bits per heavy atom. The molecule has 0 unspecified atom stereocenters. The van der Waals surface area contributed by atoms with Gasteiger partial charge in [-0.1, -0.05) is 11.6 Å². The van der Waals surface area contributed by atoms with E-state index in [9.17, 15) is 21.6 Å². The van der Waals surface area contributed by atoms with Crippen LogP contribution >= 0.6 is 11.6 Å². The van der Waals surface area contributed by atoms with Gasteiger partial charge in [0.15, 0.2) is 5.15 Å². The number of nitrogens with zero attached hydrogens (tertiary/aromatic N) is 2. The number of rotatable bonds is 4. The fraction of sp³-hybridized carbons (Fsp3) is 0.231. The van der Waals surface area contributed by atoms with Gasteiger partial charge in [0, 0.05) is 0 Å². The molecular formula is C13H11ClF3N3O3S. The van der Waals surface area contributed by atoms with E-state index in [-0.39, 0.29) is 28.0 Å². The van der Waals surface area contributed by atoms with Crippen LogP contribution in [0.4, 0.5) is 18.9 Å². The van der Waals surface area contributed by atoms with Crippen LogP contribution in [0.5, 0.6) is 11.6 Å². The summed E-state index contributed by atoms with van der Waals surface area (Å²) in [5, 5.41) is 0.108. The average Bonchev–Trinajstić information content (AvgIpc) is 2.43. The molecule has 0 bridgehead atoms. The first-order chi connectivity index (χ1) is 11.0. The lowest BCUT2D eigenvalue weighted by molar-refractivity contribution is -0.0429. The fourth-order valence-electron chi connectivity index (χ4n) is 1.70. The molecule has 24 heavy (non-hydrogen) atoms. The second-order valence-corrected chi connectivity index (χ2v) is 6.83. The number of halogens is 4. The fourth-order valence-corrected chi connectivity index (χ4v) is 2.46. The molecule has 0 radical (unpaired) electrons. The zero-order valence-electron chi connectivity index (χ0n) is 12.3. The van der Waals surface area contributed by atoms with Crippen molar-refractivity contribution in [3.05, 3.63) is 40.8 Å². The van der Waals surface area contributed by atoms with Crippen LogP contribution in [0.1, 0.15) is 11.1 Å². The van der Waals surface area contributed by atoms with Crippen LogP contribution in [-0.2, 0) is 10.0 Å². The van der Waals surface area contributed by atoms with Gasteiger partial charge >= 0.3 is 15.5 Å². The summed E-state index contributed by atoms with van der Waals surface area (Å²) in [6.45, 7) is 2.97. The molecule has 0 saturated carbocycles. The summed E-state index contributed by atoms with van der Waals surface area (Å²) in [6, 6.07) is 2.61. The number of ether oxygens (including phenoxy) is 1. The van der Waals surface area contributed by atoms with E-state index in [2.05, 4.69) is 9.97 Å². The summed E-state index contributed by atoms with van der Waals surface area (Å²) in [5.41, 5.74) is -4.98. The summed E-state index contributed by atoms with van der Waals surface area (Å²) >= 11 is 5.69. The average molecular weight is 382 g/mol. The largest absolute Gasteiger partial charge is 0.516 e. The van der Waals surface area contributed by atoms with Gasteiger partial charge in [-0.25, -0.2) is 0 Å². The molecule has 1 heterocycles. The van der Waals surface area contributed by atoms with Crippen LogP contribution in [0.25, 0.3) is 0 Å². The minimum absolute atomic E-state index is 0.0913. The zero-order valence-corrected chi connectivity index (χ0v) is 13.9. The van der Waals surface area contributed by atoms with Crippen molar-refractivity contribution in [3.8, 4) is 11.6 Å². The Bertz CT molecular complexity index is 872. The van der Waals surface area contributed by atoms with Crippen molar-refractivity contribution in [2.45, 2.75) is 19.4 Å². The van der Waals surface area contributed by atoms with Gasteiger partial charge in [-0.2, -0.15) is 26.6 Å². The number of sulfonamides is 1. The Morgan fingerprint density at radius 1 is 1.17 bits per heavy atom. The zero-order chi connectivity index (χ0) is 18.1. The molecule has 2 rings (SSSR count). The molecule has 0 atom stereocenters. The van der Waals surface area contributed by atoms with Crippen molar-refractivity contribution in [1.82, 2.24) is 9.97 Å². The predicted molar refractivity (Wildman–Crippen MR) is 81.6 cm³/mol. The lowest BCUT2D eigenvalue weighted by Crippen LogP contribution is -2.30. The molecule has 0 aliphatic heterocycles. The first-order valence-corrected chi connectivity index (χ1v) is 8.21. The van der Waals surface area contributed by atoms with Crippen LogP contribution in [0.2, 0.25) is 5.15 Å². The van der Waals surface area contributed by atoms with E-state index < -0.39 is 15.5 Å². The third-order valence-electron chi connectivity index (χ3n) is 2.87. The van der Waals surface area contributed by atoms with Gasteiger partial charge in [0.25, 0.3) is 0 Å². The van der Waals surface area contributed by atoms with Crippen molar-refractivity contribution in [2.24, 2.45) is 0 Å². The molecule has 0 aliphatic carbocycles. The monoisotopic (exact) mass is 381 g/mol. The Balaban J connectivity index is 2.32. The van der Waals surface area contributed by atoms with Gasteiger partial charge in [-0.05, 0) is 37.1 Å². The van der Waals surface area contributed by atoms with Crippen molar-refractivity contribution in [1.29, 1.82) is 0 Å². The quantitative estimate of drug-likeness (QED) is 0.871. The van der Waals surface area contributed by atoms with Gasteiger partial charge in [-0.3, -0.25) is 9.71 Å². The maximum atomic E-state index is 12.5. The van der Waals surface area contributed by atoms with Crippen LogP contribution in [0.3, 0.4) is 0 Å². The Kier molecular flexibility index (Phi) is 4.90. The third kappa shape index (κ3) is 4.06. The number of anilines is 1. The Morgan fingerprint density at radius 2 is 1.83 bits per heavy atom. The van der Waals surface area contributed by atoms with Crippen LogP contribution in [0, 0.1) is 13.8 Å². The highest BCUT2D eigenvalue weighted by molar-refractivity contribution is 7.93. The van der Waals surface area contributed by atoms with Gasteiger partial charge in [-0.15, -0.1) is 0 Å². The highest BCUT2D eigenvalue weighted by atomic mass is 35.5. The molecule has 2 aromatic rings. The molecular weight excluding hydrogens is 371 g/mol. The van der Waals surface area contributed by atoms with Crippen LogP contribution in [-0.4, -0.2) is 23.9 Å². The summed E-state index contributed by atoms with van der Waals surface area (Å²) in [5.74, 6) is 0.368. The Labute approximate surface area is 140 Å². The lowest BCUT2D eigenvalue weighted by Gasteiger charge is -2.15. The van der Waals surface area contributed by atoms with E-state index in [0.29, 0.717) is 5.56 Å². The van der Waals surface area contributed by atoms with Crippen LogP contribution in [0.15, 0.2) is 24.5 Å². The molecule has 0 saturated heterocycles. The minimum atomic E-state index is -5.50. The minimum Gasteiger partial charge on any atom is -0.437 e. The molecule has 1 aromatic heterocycles. The smallest absolute Gasteiger partial charge is 0.437 e. The van der Waals surface area contributed by atoms with E-state index in [1.54, 1.807) is 0 Å². The predicted octanol–water partition coefficient (Wildman–Crippen LogP) is 3.80. The normalized spacial score (nSPS) is 12.1. The van der Waals surface area contributed by atoms with E-state index in [1.165, 1.54) is 43.1 Å². The third-order valence-corrected chi connectivity index (χ3v) is 4.15. The summed E-state index contributed by atoms with van der Waals surface area (Å²) in [4.78, 5) is 7.66. The summed E-state index contributed by atoms with van der Waals surface area (Å²) in [6.07, 6.45) is 2.61. The molecule has 0 amide bonds. The summed E-state index contributed by atoms with van der Waals surface area (Å²) in [7, 11) is -5.50. The van der Waals surface area contributed by atoms with E-state index >= 15 is 0 Å². The molecule has 0 spiro atoms. The SMILES string of the molecule is Cc1cc(Oc2cncc(Cl)n2)c(C)cc1NS(=O)(=O)C(F)(F)F. The van der Waals surface area contributed by atoms with Gasteiger partial charge in [0.2, 0.25) is 5.88 Å². The molecule has 1 N–H and O–H groups in total.